The summed E-state index contributed by atoms with van der Waals surface area (Å²) >= 11 is 0. The summed E-state index contributed by atoms with van der Waals surface area (Å²) in [4.78, 5) is 0. The molecule has 1 N–H and O–H groups in total. The molecule has 6 nitrogen and oxygen atoms in total. The van der Waals surface area contributed by atoms with E-state index < -0.39 is 21.4 Å². The topological polar surface area (TPSA) is 61.9 Å². The Morgan fingerprint density at radius 2 is 1.70 bits per heavy atom. The molecule has 0 radical (unpaired) electrons. The van der Waals surface area contributed by atoms with Gasteiger partial charge in [0.25, 0.3) is 10.2 Å². The van der Waals surface area contributed by atoms with E-state index in [1.54, 1.807) is 7.05 Å². The molecule has 0 amide bonds. The van der Waals surface area contributed by atoms with Gasteiger partial charge < -0.3 is 10.1 Å². The van der Waals surface area contributed by atoms with E-state index in [2.05, 4.69) is 5.32 Å². The highest BCUT2D eigenvalue weighted by Crippen LogP contribution is 2.30. The molecule has 7 heteroatoms. The van der Waals surface area contributed by atoms with Crippen molar-refractivity contribution in [3.8, 4) is 0 Å². The lowest BCUT2D eigenvalue weighted by atomic mass is 10.0. The van der Waals surface area contributed by atoms with Gasteiger partial charge in [0.15, 0.2) is 0 Å². The summed E-state index contributed by atoms with van der Waals surface area (Å²) < 4.78 is 34.2. The van der Waals surface area contributed by atoms with Crippen LogP contribution in [0, 0.1) is 0 Å². The summed E-state index contributed by atoms with van der Waals surface area (Å²) in [5.41, 5.74) is -0.943. The molecule has 1 aliphatic heterocycles. The number of rotatable bonds is 6. The average molecular weight is 307 g/mol. The third-order valence-electron chi connectivity index (χ3n) is 3.29. The molecule has 0 aromatic carbocycles. The van der Waals surface area contributed by atoms with Gasteiger partial charge in [0.1, 0.15) is 0 Å². The number of ether oxygens (including phenoxy) is 1. The van der Waals surface area contributed by atoms with Crippen LogP contribution in [0.3, 0.4) is 0 Å². The lowest BCUT2D eigenvalue weighted by Crippen LogP contribution is -2.60. The summed E-state index contributed by atoms with van der Waals surface area (Å²) in [5.74, 6) is 0. The molecule has 0 saturated carbocycles. The maximum absolute atomic E-state index is 12.6. The molecule has 1 heterocycles. The van der Waals surface area contributed by atoms with Crippen LogP contribution in [-0.2, 0) is 14.9 Å². The lowest BCUT2D eigenvalue weighted by Gasteiger charge is -2.47. The van der Waals surface area contributed by atoms with Crippen molar-refractivity contribution in [2.75, 3.05) is 40.3 Å². The van der Waals surface area contributed by atoms with Gasteiger partial charge in [-0.05, 0) is 47.7 Å². The average Bonchev–Trinajstić information content (AvgIpc) is 2.24. The molecule has 1 saturated heterocycles. The third-order valence-corrected chi connectivity index (χ3v) is 5.17. The van der Waals surface area contributed by atoms with Crippen LogP contribution in [0.1, 0.15) is 34.1 Å². The van der Waals surface area contributed by atoms with Gasteiger partial charge in [0.05, 0.1) is 11.2 Å². The van der Waals surface area contributed by atoms with Gasteiger partial charge in [0.2, 0.25) is 0 Å². The molecule has 0 unspecified atom stereocenters. The van der Waals surface area contributed by atoms with Crippen molar-refractivity contribution >= 4 is 10.2 Å². The summed E-state index contributed by atoms with van der Waals surface area (Å²) in [6.07, 6.45) is 0.795. The first-order valence-corrected chi connectivity index (χ1v) is 8.46. The van der Waals surface area contributed by atoms with E-state index in [0.29, 0.717) is 19.6 Å². The molecule has 20 heavy (non-hydrogen) atoms. The van der Waals surface area contributed by atoms with E-state index in [1.165, 1.54) is 8.61 Å². The molecular weight excluding hydrogens is 278 g/mol. The minimum atomic E-state index is -3.43. The normalized spacial score (nSPS) is 23.1. The van der Waals surface area contributed by atoms with E-state index in [1.807, 2.05) is 34.7 Å². The second-order valence-electron chi connectivity index (χ2n) is 6.68. The molecule has 0 aromatic heterocycles. The van der Waals surface area contributed by atoms with Gasteiger partial charge in [-0.1, -0.05) is 0 Å². The van der Waals surface area contributed by atoms with Crippen LogP contribution < -0.4 is 5.32 Å². The molecule has 1 rings (SSSR count). The van der Waals surface area contributed by atoms with Crippen LogP contribution in [0.4, 0.5) is 0 Å². The van der Waals surface area contributed by atoms with E-state index in [4.69, 9.17) is 4.74 Å². The minimum absolute atomic E-state index is 0.384. The highest BCUT2D eigenvalue weighted by molar-refractivity contribution is 7.86. The van der Waals surface area contributed by atoms with Crippen molar-refractivity contribution in [2.45, 2.75) is 45.3 Å². The first kappa shape index (κ1) is 17.8. The lowest BCUT2D eigenvalue weighted by molar-refractivity contribution is -0.164. The quantitative estimate of drug-likeness (QED) is 0.732. The maximum atomic E-state index is 12.6. The molecule has 0 aromatic rings. The van der Waals surface area contributed by atoms with Crippen LogP contribution in [0.2, 0.25) is 0 Å². The summed E-state index contributed by atoms with van der Waals surface area (Å²) in [6, 6.07) is 0. The first-order valence-electron chi connectivity index (χ1n) is 7.06. The predicted octanol–water partition coefficient (Wildman–Crippen LogP) is 0.662. The van der Waals surface area contributed by atoms with Crippen LogP contribution >= 0.6 is 0 Å². The van der Waals surface area contributed by atoms with Gasteiger partial charge in [-0.15, -0.1) is 0 Å². The first-order chi connectivity index (χ1) is 9.00. The molecule has 0 spiro atoms. The van der Waals surface area contributed by atoms with Crippen molar-refractivity contribution in [1.29, 1.82) is 0 Å². The molecule has 1 fully saturated rings. The highest BCUT2D eigenvalue weighted by Gasteiger charge is 2.43. The Kier molecular flexibility index (Phi) is 5.60. The third kappa shape index (κ3) is 4.66. The predicted molar refractivity (Wildman–Crippen MR) is 80.9 cm³/mol. The Morgan fingerprint density at radius 1 is 1.20 bits per heavy atom. The standard InChI is InChI=1S/C13H29N3O3S/c1-12(2)10-16(11-13(3,4)19-12)20(17,18)15(6)9-7-8-14-5/h14H,7-11H2,1-6H3. The van der Waals surface area contributed by atoms with Crippen molar-refractivity contribution < 1.29 is 13.2 Å². The largest absolute Gasteiger partial charge is 0.367 e. The zero-order valence-electron chi connectivity index (χ0n) is 13.6. The van der Waals surface area contributed by atoms with Gasteiger partial charge in [-0.2, -0.15) is 17.0 Å². The Morgan fingerprint density at radius 3 is 2.15 bits per heavy atom. The maximum Gasteiger partial charge on any atom is 0.281 e. The fourth-order valence-electron chi connectivity index (χ4n) is 2.67. The van der Waals surface area contributed by atoms with Crippen LogP contribution in [0.25, 0.3) is 0 Å². The van der Waals surface area contributed by atoms with Gasteiger partial charge >= 0.3 is 0 Å². The Hall–Kier alpha value is -0.210. The Labute approximate surface area is 123 Å². The van der Waals surface area contributed by atoms with E-state index in [0.717, 1.165) is 13.0 Å². The number of nitrogens with one attached hydrogen (secondary N) is 1. The monoisotopic (exact) mass is 307 g/mol. The number of hydrogen-bond donors (Lipinski definition) is 1. The van der Waals surface area contributed by atoms with Gasteiger partial charge in [0, 0.05) is 26.7 Å². The molecule has 0 atom stereocenters. The summed E-state index contributed by atoms with van der Waals surface area (Å²) in [6.45, 7) is 9.80. The molecule has 0 bridgehead atoms. The van der Waals surface area contributed by atoms with E-state index >= 15 is 0 Å². The second-order valence-corrected chi connectivity index (χ2v) is 8.71. The smallest absolute Gasteiger partial charge is 0.281 e. The van der Waals surface area contributed by atoms with E-state index in [-0.39, 0.29) is 0 Å². The fourth-order valence-corrected chi connectivity index (χ4v) is 4.37. The second kappa shape index (κ2) is 6.27. The van der Waals surface area contributed by atoms with Crippen LogP contribution in [-0.4, -0.2) is 68.5 Å². The zero-order chi connectivity index (χ0) is 15.6. The molecule has 120 valence electrons. The summed E-state index contributed by atoms with van der Waals surface area (Å²) in [5, 5.41) is 3.03. The molecule has 1 aliphatic rings. The van der Waals surface area contributed by atoms with Crippen molar-refractivity contribution in [3.05, 3.63) is 0 Å². The van der Waals surface area contributed by atoms with Crippen molar-refractivity contribution in [3.63, 3.8) is 0 Å². The van der Waals surface area contributed by atoms with Crippen molar-refractivity contribution in [1.82, 2.24) is 13.9 Å². The van der Waals surface area contributed by atoms with E-state index in [9.17, 15) is 8.42 Å². The van der Waals surface area contributed by atoms with Crippen LogP contribution in [0.15, 0.2) is 0 Å². The van der Waals surface area contributed by atoms with Crippen LogP contribution in [0.5, 0.6) is 0 Å². The van der Waals surface area contributed by atoms with Gasteiger partial charge in [-0.3, -0.25) is 0 Å². The SMILES string of the molecule is CNCCCN(C)S(=O)(=O)N1CC(C)(C)OC(C)(C)C1. The Balaban J connectivity index is 2.80. The number of morpholine rings is 1. The summed E-state index contributed by atoms with van der Waals surface area (Å²) in [7, 11) is 0.0763. The molecular formula is C13H29N3O3S. The minimum Gasteiger partial charge on any atom is -0.367 e. The van der Waals surface area contributed by atoms with Crippen molar-refractivity contribution in [2.24, 2.45) is 0 Å². The Bertz CT molecular complexity index is 405. The number of hydrogen-bond acceptors (Lipinski definition) is 4. The molecule has 0 aliphatic carbocycles. The van der Waals surface area contributed by atoms with Gasteiger partial charge in [-0.25, -0.2) is 0 Å². The fraction of sp³-hybridized carbons (Fsp3) is 1.00. The highest BCUT2D eigenvalue weighted by atomic mass is 32.2. The number of nitrogens with zero attached hydrogens (tertiary/aromatic N) is 2. The zero-order valence-corrected chi connectivity index (χ0v) is 14.4.